The third kappa shape index (κ3) is 3.57. The number of nitrogen functional groups attached to an aromatic ring is 1. The van der Waals surface area contributed by atoms with Gasteiger partial charge in [-0.2, -0.15) is 0 Å². The first-order chi connectivity index (χ1) is 8.74. The molecule has 0 aliphatic rings. The van der Waals surface area contributed by atoms with Gasteiger partial charge in [0.25, 0.3) is 0 Å². The average molecular weight is 299 g/mol. The molecule has 0 bridgehead atoms. The van der Waals surface area contributed by atoms with Crippen molar-refractivity contribution in [3.8, 4) is 0 Å². The van der Waals surface area contributed by atoms with Crippen molar-refractivity contribution in [1.82, 2.24) is 4.98 Å². The Balaban J connectivity index is 2.27. The normalized spacial score (nSPS) is 13.6. The minimum atomic E-state index is -3.01. The highest BCUT2D eigenvalue weighted by Crippen LogP contribution is 2.30. The van der Waals surface area contributed by atoms with Gasteiger partial charge in [-0.05, 0) is 26.0 Å². The van der Waals surface area contributed by atoms with Gasteiger partial charge in [0.15, 0.2) is 0 Å². The number of nitrogens with zero attached hydrogens (tertiary/aromatic N) is 1. The van der Waals surface area contributed by atoms with Crippen LogP contribution in [0, 0.1) is 6.92 Å². The Morgan fingerprint density at radius 1 is 1.47 bits per heavy atom. The summed E-state index contributed by atoms with van der Waals surface area (Å²) in [4.78, 5) is 4.40. The minimum Gasteiger partial charge on any atom is -0.397 e. The van der Waals surface area contributed by atoms with Gasteiger partial charge in [-0.3, -0.25) is 0 Å². The predicted molar refractivity (Wildman–Crippen MR) is 81.6 cm³/mol. The van der Waals surface area contributed by atoms with Gasteiger partial charge < -0.3 is 11.1 Å². The molecule has 19 heavy (non-hydrogen) atoms. The van der Waals surface area contributed by atoms with Gasteiger partial charge in [0, 0.05) is 12.3 Å². The summed E-state index contributed by atoms with van der Waals surface area (Å²) in [6, 6.07) is 3.54. The molecular weight excluding hydrogens is 282 g/mol. The van der Waals surface area contributed by atoms with Gasteiger partial charge in [-0.1, -0.05) is 0 Å². The summed E-state index contributed by atoms with van der Waals surface area (Å²) in [5, 5.41) is 4.11. The molecule has 5 nitrogen and oxygen atoms in total. The molecule has 0 aliphatic carbocycles. The van der Waals surface area contributed by atoms with E-state index in [-0.39, 0.29) is 11.8 Å². The van der Waals surface area contributed by atoms with Crippen LogP contribution < -0.4 is 11.1 Å². The highest BCUT2D eigenvalue weighted by molar-refractivity contribution is 7.90. The number of benzene rings is 1. The number of rotatable bonds is 4. The van der Waals surface area contributed by atoms with Gasteiger partial charge in [-0.25, -0.2) is 13.4 Å². The largest absolute Gasteiger partial charge is 0.397 e. The first kappa shape index (κ1) is 14.1. The fourth-order valence-electron chi connectivity index (χ4n) is 1.99. The Labute approximate surface area is 116 Å². The van der Waals surface area contributed by atoms with E-state index in [9.17, 15) is 8.42 Å². The minimum absolute atomic E-state index is 0.0700. The van der Waals surface area contributed by atoms with Crippen LogP contribution in [0.1, 0.15) is 11.9 Å². The van der Waals surface area contributed by atoms with Crippen molar-refractivity contribution in [2.45, 2.75) is 19.9 Å². The van der Waals surface area contributed by atoms with Gasteiger partial charge >= 0.3 is 0 Å². The molecule has 1 heterocycles. The zero-order valence-electron chi connectivity index (χ0n) is 11.1. The van der Waals surface area contributed by atoms with Crippen LogP contribution in [0.5, 0.6) is 0 Å². The Kier molecular flexibility index (Phi) is 3.69. The molecule has 2 rings (SSSR count). The molecule has 1 aromatic carbocycles. The topological polar surface area (TPSA) is 85.1 Å². The predicted octanol–water partition coefficient (Wildman–Crippen LogP) is 2.03. The van der Waals surface area contributed by atoms with Crippen LogP contribution in [0.4, 0.5) is 11.4 Å². The third-order valence-electron chi connectivity index (χ3n) is 2.62. The summed E-state index contributed by atoms with van der Waals surface area (Å²) in [5.74, 6) is 0.0700. The molecular formula is C12H17N3O2S2. The van der Waals surface area contributed by atoms with E-state index in [0.29, 0.717) is 5.69 Å². The molecule has 104 valence electrons. The van der Waals surface area contributed by atoms with E-state index in [2.05, 4.69) is 10.3 Å². The maximum absolute atomic E-state index is 11.3. The number of thiazole rings is 1. The molecule has 1 atom stereocenters. The van der Waals surface area contributed by atoms with Crippen molar-refractivity contribution in [2.75, 3.05) is 23.1 Å². The molecule has 0 spiro atoms. The van der Waals surface area contributed by atoms with E-state index in [1.54, 1.807) is 11.3 Å². The van der Waals surface area contributed by atoms with Crippen LogP contribution in [0.3, 0.4) is 0 Å². The highest BCUT2D eigenvalue weighted by Gasteiger charge is 2.13. The average Bonchev–Trinajstić information content (AvgIpc) is 2.55. The Hall–Kier alpha value is -1.34. The second-order valence-electron chi connectivity index (χ2n) is 4.78. The maximum atomic E-state index is 11.3. The van der Waals surface area contributed by atoms with E-state index < -0.39 is 9.84 Å². The highest BCUT2D eigenvalue weighted by atomic mass is 32.2. The smallest absolute Gasteiger partial charge is 0.149 e. The molecule has 3 N–H and O–H groups in total. The third-order valence-corrected chi connectivity index (χ3v) is 4.66. The van der Waals surface area contributed by atoms with Gasteiger partial charge in [0.1, 0.15) is 9.84 Å². The lowest BCUT2D eigenvalue weighted by Gasteiger charge is -2.15. The van der Waals surface area contributed by atoms with E-state index in [1.807, 2.05) is 26.0 Å². The SMILES string of the molecule is Cc1nc2cc(NC(C)CS(C)(=O)=O)c(N)cc2s1. The molecule has 1 unspecified atom stereocenters. The summed E-state index contributed by atoms with van der Waals surface area (Å²) in [6.45, 7) is 3.76. The molecule has 7 heteroatoms. The second kappa shape index (κ2) is 4.97. The first-order valence-electron chi connectivity index (χ1n) is 5.85. The zero-order valence-corrected chi connectivity index (χ0v) is 12.7. The number of aromatic nitrogens is 1. The van der Waals surface area contributed by atoms with Crippen LogP contribution in [-0.2, 0) is 9.84 Å². The Morgan fingerprint density at radius 2 is 2.16 bits per heavy atom. The van der Waals surface area contributed by atoms with Crippen molar-refractivity contribution in [2.24, 2.45) is 0 Å². The fourth-order valence-corrected chi connectivity index (χ4v) is 3.84. The number of sulfone groups is 1. The lowest BCUT2D eigenvalue weighted by molar-refractivity contribution is 0.598. The van der Waals surface area contributed by atoms with Crippen LogP contribution in [-0.4, -0.2) is 31.5 Å². The summed E-state index contributed by atoms with van der Waals surface area (Å²) in [5.41, 5.74) is 8.19. The lowest BCUT2D eigenvalue weighted by Crippen LogP contribution is -2.25. The van der Waals surface area contributed by atoms with E-state index in [4.69, 9.17) is 5.73 Å². The number of anilines is 2. The molecule has 2 aromatic rings. The van der Waals surface area contributed by atoms with Crippen LogP contribution in [0.15, 0.2) is 12.1 Å². The summed E-state index contributed by atoms with van der Waals surface area (Å²) < 4.78 is 23.5. The van der Waals surface area contributed by atoms with Crippen molar-refractivity contribution < 1.29 is 8.42 Å². The van der Waals surface area contributed by atoms with Crippen molar-refractivity contribution >= 4 is 42.8 Å². The standard InChI is InChI=1S/C12H17N3O2S2/c1-7(6-19(3,16)17)14-10-5-11-12(4-9(10)13)18-8(2)15-11/h4-5,7,14H,6,13H2,1-3H3. The zero-order chi connectivity index (χ0) is 14.2. The summed E-state index contributed by atoms with van der Waals surface area (Å²) in [6.07, 6.45) is 1.22. The van der Waals surface area contributed by atoms with Crippen molar-refractivity contribution in [3.63, 3.8) is 0 Å². The number of aryl methyl sites for hydroxylation is 1. The first-order valence-corrected chi connectivity index (χ1v) is 8.73. The van der Waals surface area contributed by atoms with Gasteiger partial charge in [-0.15, -0.1) is 11.3 Å². The molecule has 0 radical (unpaired) electrons. The molecule has 0 fully saturated rings. The Bertz CT molecular complexity index is 707. The van der Waals surface area contributed by atoms with Crippen LogP contribution in [0.25, 0.3) is 10.2 Å². The number of hydrogen-bond acceptors (Lipinski definition) is 6. The van der Waals surface area contributed by atoms with Crippen molar-refractivity contribution in [1.29, 1.82) is 0 Å². The summed E-state index contributed by atoms with van der Waals surface area (Å²) >= 11 is 1.59. The van der Waals surface area contributed by atoms with E-state index in [0.717, 1.165) is 20.9 Å². The molecule has 0 saturated carbocycles. The monoisotopic (exact) mass is 299 g/mol. The maximum Gasteiger partial charge on any atom is 0.149 e. The van der Waals surface area contributed by atoms with Crippen LogP contribution >= 0.6 is 11.3 Å². The molecule has 0 saturated heterocycles. The van der Waals surface area contributed by atoms with Gasteiger partial charge in [0.05, 0.1) is 32.4 Å². The lowest BCUT2D eigenvalue weighted by atomic mass is 10.2. The number of hydrogen-bond donors (Lipinski definition) is 2. The molecule has 0 amide bonds. The van der Waals surface area contributed by atoms with Gasteiger partial charge in [0.2, 0.25) is 0 Å². The number of nitrogens with two attached hydrogens (primary N) is 1. The van der Waals surface area contributed by atoms with E-state index in [1.165, 1.54) is 6.26 Å². The fraction of sp³-hybridized carbons (Fsp3) is 0.417. The van der Waals surface area contributed by atoms with Crippen LogP contribution in [0.2, 0.25) is 0 Å². The van der Waals surface area contributed by atoms with E-state index >= 15 is 0 Å². The summed E-state index contributed by atoms with van der Waals surface area (Å²) in [7, 11) is -3.01. The van der Waals surface area contributed by atoms with Crippen molar-refractivity contribution in [3.05, 3.63) is 17.1 Å². The number of nitrogens with one attached hydrogen (secondary N) is 1. The second-order valence-corrected chi connectivity index (χ2v) is 8.20. The molecule has 0 aliphatic heterocycles. The quantitative estimate of drug-likeness (QED) is 0.844. The Morgan fingerprint density at radius 3 is 2.79 bits per heavy atom. The number of fused-ring (bicyclic) bond motifs is 1. The molecule has 1 aromatic heterocycles.